The van der Waals surface area contributed by atoms with E-state index in [1.165, 1.54) is 0 Å². The molecule has 2 aromatic carbocycles. The van der Waals surface area contributed by atoms with Crippen LogP contribution in [-0.2, 0) is 4.79 Å². The first-order valence-electron chi connectivity index (χ1n) is 7.45. The van der Waals surface area contributed by atoms with Gasteiger partial charge in [-0.1, -0.05) is 29.3 Å². The van der Waals surface area contributed by atoms with Crippen molar-refractivity contribution >= 4 is 51.7 Å². The Labute approximate surface area is 153 Å². The number of aryl methyl sites for hydroxylation is 1. The van der Waals surface area contributed by atoms with Crippen LogP contribution in [0.1, 0.15) is 16.1 Å². The molecule has 1 heterocycles. The Morgan fingerprint density at radius 1 is 1.08 bits per heavy atom. The molecule has 0 radical (unpaired) electrons. The molecule has 5 nitrogen and oxygen atoms in total. The van der Waals surface area contributed by atoms with Crippen LogP contribution < -0.4 is 10.6 Å². The lowest BCUT2D eigenvalue weighted by atomic mass is 10.2. The number of amides is 2. The maximum atomic E-state index is 12.1. The summed E-state index contributed by atoms with van der Waals surface area (Å²) < 4.78 is 5.44. The second-order valence-electron chi connectivity index (χ2n) is 5.51. The van der Waals surface area contributed by atoms with E-state index in [0.29, 0.717) is 26.7 Å². The Bertz CT molecular complexity index is 966. The summed E-state index contributed by atoms with van der Waals surface area (Å²) in [6.07, 6.45) is 0. The fourth-order valence-corrected chi connectivity index (χ4v) is 2.75. The van der Waals surface area contributed by atoms with E-state index in [-0.39, 0.29) is 12.3 Å². The summed E-state index contributed by atoms with van der Waals surface area (Å²) in [6.45, 7) is 1.69. The molecule has 0 aliphatic rings. The largest absolute Gasteiger partial charge is 0.451 e. The first-order valence-corrected chi connectivity index (χ1v) is 8.21. The van der Waals surface area contributed by atoms with Gasteiger partial charge in [-0.15, -0.1) is 0 Å². The zero-order valence-electron chi connectivity index (χ0n) is 13.2. The Hall–Kier alpha value is -2.50. The molecular formula is C18H14Cl2N2O3. The second kappa shape index (κ2) is 7.17. The van der Waals surface area contributed by atoms with Crippen molar-refractivity contribution in [3.63, 3.8) is 0 Å². The van der Waals surface area contributed by atoms with Crippen molar-refractivity contribution in [2.75, 3.05) is 11.9 Å². The molecule has 0 bridgehead atoms. The van der Waals surface area contributed by atoms with E-state index in [4.69, 9.17) is 27.6 Å². The molecule has 3 aromatic rings. The quantitative estimate of drug-likeness (QED) is 0.707. The summed E-state index contributed by atoms with van der Waals surface area (Å²) in [7, 11) is 0. The average molecular weight is 377 g/mol. The predicted octanol–water partition coefficient (Wildman–Crippen LogP) is 4.42. The highest BCUT2D eigenvalue weighted by molar-refractivity contribution is 6.33. The number of anilines is 1. The number of carbonyl (C=O) groups excluding carboxylic acids is 2. The summed E-state index contributed by atoms with van der Waals surface area (Å²) in [4.78, 5) is 24.1. The lowest BCUT2D eigenvalue weighted by Crippen LogP contribution is -2.32. The van der Waals surface area contributed by atoms with Gasteiger partial charge in [0.15, 0.2) is 5.76 Å². The number of rotatable bonds is 4. The summed E-state index contributed by atoms with van der Waals surface area (Å²) in [5, 5.41) is 6.85. The van der Waals surface area contributed by atoms with E-state index in [2.05, 4.69) is 10.6 Å². The van der Waals surface area contributed by atoms with Crippen LogP contribution in [0.25, 0.3) is 11.0 Å². The monoisotopic (exact) mass is 376 g/mol. The highest BCUT2D eigenvalue weighted by atomic mass is 35.5. The van der Waals surface area contributed by atoms with Gasteiger partial charge in [0.05, 0.1) is 17.3 Å². The zero-order valence-corrected chi connectivity index (χ0v) is 14.7. The lowest BCUT2D eigenvalue weighted by molar-refractivity contribution is -0.115. The van der Waals surface area contributed by atoms with E-state index in [1.54, 1.807) is 36.4 Å². The molecule has 0 spiro atoms. The molecule has 0 fully saturated rings. The topological polar surface area (TPSA) is 71.3 Å². The van der Waals surface area contributed by atoms with Gasteiger partial charge in [-0.25, -0.2) is 0 Å². The van der Waals surface area contributed by atoms with Gasteiger partial charge in [0.1, 0.15) is 5.58 Å². The normalized spacial score (nSPS) is 10.7. The van der Waals surface area contributed by atoms with Gasteiger partial charge in [0.2, 0.25) is 5.91 Å². The van der Waals surface area contributed by atoms with Gasteiger partial charge < -0.3 is 15.1 Å². The van der Waals surface area contributed by atoms with Gasteiger partial charge in [-0.05, 0) is 48.9 Å². The van der Waals surface area contributed by atoms with Crippen LogP contribution >= 0.6 is 23.2 Å². The number of nitrogens with one attached hydrogen (secondary N) is 2. The molecule has 0 atom stereocenters. The van der Waals surface area contributed by atoms with Crippen molar-refractivity contribution in [3.05, 3.63) is 63.8 Å². The van der Waals surface area contributed by atoms with Gasteiger partial charge in [0, 0.05) is 10.4 Å². The minimum Gasteiger partial charge on any atom is -0.451 e. The Morgan fingerprint density at radius 3 is 2.64 bits per heavy atom. The van der Waals surface area contributed by atoms with Crippen molar-refractivity contribution in [2.45, 2.75) is 6.92 Å². The van der Waals surface area contributed by atoms with Crippen LogP contribution in [0, 0.1) is 6.92 Å². The average Bonchev–Trinajstić information content (AvgIpc) is 2.98. The fourth-order valence-electron chi connectivity index (χ4n) is 2.29. The van der Waals surface area contributed by atoms with Gasteiger partial charge in [-0.2, -0.15) is 0 Å². The predicted molar refractivity (Wildman–Crippen MR) is 98.4 cm³/mol. The van der Waals surface area contributed by atoms with E-state index < -0.39 is 11.8 Å². The molecule has 25 heavy (non-hydrogen) atoms. The Balaban J connectivity index is 1.61. The van der Waals surface area contributed by atoms with Crippen LogP contribution in [0.4, 0.5) is 5.69 Å². The first-order chi connectivity index (χ1) is 11.9. The van der Waals surface area contributed by atoms with Crippen LogP contribution in [0.2, 0.25) is 10.0 Å². The standard InChI is InChI=1S/C18H14Cl2N2O3/c1-10-2-4-14(13(20)6-10)22-17(23)9-21-18(24)16-8-11-7-12(19)3-5-15(11)25-16/h2-8H,9H2,1H3,(H,21,24)(H,22,23). The highest BCUT2D eigenvalue weighted by Crippen LogP contribution is 2.23. The van der Waals surface area contributed by atoms with Gasteiger partial charge >= 0.3 is 0 Å². The SMILES string of the molecule is Cc1ccc(NC(=O)CNC(=O)c2cc3cc(Cl)ccc3o2)c(Cl)c1. The molecule has 0 aliphatic heterocycles. The van der Waals surface area contributed by atoms with Crippen LogP contribution in [0.15, 0.2) is 46.9 Å². The van der Waals surface area contributed by atoms with Crippen molar-refractivity contribution < 1.29 is 14.0 Å². The number of hydrogen-bond acceptors (Lipinski definition) is 3. The van der Waals surface area contributed by atoms with Crippen molar-refractivity contribution in [1.29, 1.82) is 0 Å². The third kappa shape index (κ3) is 4.13. The van der Waals surface area contributed by atoms with Gasteiger partial charge in [-0.3, -0.25) is 9.59 Å². The Morgan fingerprint density at radius 2 is 1.88 bits per heavy atom. The minimum absolute atomic E-state index is 0.110. The highest BCUT2D eigenvalue weighted by Gasteiger charge is 2.14. The molecule has 0 saturated carbocycles. The van der Waals surface area contributed by atoms with Crippen LogP contribution in [-0.4, -0.2) is 18.4 Å². The number of fused-ring (bicyclic) bond motifs is 1. The van der Waals surface area contributed by atoms with Gasteiger partial charge in [0.25, 0.3) is 5.91 Å². The number of furan rings is 1. The number of hydrogen-bond donors (Lipinski definition) is 2. The van der Waals surface area contributed by atoms with Crippen LogP contribution in [0.3, 0.4) is 0 Å². The maximum absolute atomic E-state index is 12.1. The molecule has 128 valence electrons. The third-order valence-corrected chi connectivity index (χ3v) is 4.06. The van der Waals surface area contributed by atoms with E-state index in [0.717, 1.165) is 5.56 Å². The molecule has 0 unspecified atom stereocenters. The molecular weight excluding hydrogens is 363 g/mol. The minimum atomic E-state index is -0.488. The Kier molecular flexibility index (Phi) is 4.97. The number of halogens is 2. The summed E-state index contributed by atoms with van der Waals surface area (Å²) in [5.41, 5.74) is 2.02. The molecule has 2 amide bonds. The molecule has 2 N–H and O–H groups in total. The summed E-state index contributed by atoms with van der Waals surface area (Å²) in [6, 6.07) is 11.9. The van der Waals surface area contributed by atoms with E-state index in [9.17, 15) is 9.59 Å². The number of carbonyl (C=O) groups is 2. The summed E-state index contributed by atoms with van der Waals surface area (Å²) in [5.74, 6) is -0.769. The number of benzene rings is 2. The molecule has 0 aliphatic carbocycles. The second-order valence-corrected chi connectivity index (χ2v) is 6.35. The summed E-state index contributed by atoms with van der Waals surface area (Å²) >= 11 is 12.0. The van der Waals surface area contributed by atoms with Crippen molar-refractivity contribution in [2.24, 2.45) is 0 Å². The third-order valence-electron chi connectivity index (χ3n) is 3.51. The molecule has 1 aromatic heterocycles. The molecule has 0 saturated heterocycles. The smallest absolute Gasteiger partial charge is 0.287 e. The van der Waals surface area contributed by atoms with Crippen molar-refractivity contribution in [3.8, 4) is 0 Å². The van der Waals surface area contributed by atoms with Crippen LogP contribution in [0.5, 0.6) is 0 Å². The lowest BCUT2D eigenvalue weighted by Gasteiger charge is -2.08. The fraction of sp³-hybridized carbons (Fsp3) is 0.111. The maximum Gasteiger partial charge on any atom is 0.287 e. The molecule has 7 heteroatoms. The van der Waals surface area contributed by atoms with E-state index >= 15 is 0 Å². The zero-order chi connectivity index (χ0) is 18.0. The first kappa shape index (κ1) is 17.3. The van der Waals surface area contributed by atoms with Crippen molar-refractivity contribution in [1.82, 2.24) is 5.32 Å². The molecule has 3 rings (SSSR count). The van der Waals surface area contributed by atoms with E-state index in [1.807, 2.05) is 13.0 Å².